The highest BCUT2D eigenvalue weighted by molar-refractivity contribution is 6.01. The first-order valence-corrected chi connectivity index (χ1v) is 8.15. The molecule has 0 saturated carbocycles. The molecule has 6 nitrogen and oxygen atoms in total. The number of benzene rings is 1. The first-order valence-electron chi connectivity index (χ1n) is 9.65. The molecule has 2 N–H and O–H groups in total. The zero-order valence-electron chi connectivity index (χ0n) is 17.2. The predicted octanol–water partition coefficient (Wildman–Crippen LogP) is 3.20. The van der Waals surface area contributed by atoms with Gasteiger partial charge in [0.25, 0.3) is 5.91 Å². The van der Waals surface area contributed by atoms with Crippen LogP contribution in [0.5, 0.6) is 0 Å². The van der Waals surface area contributed by atoms with Crippen LogP contribution in [0.15, 0.2) is 55.0 Å². The quantitative estimate of drug-likeness (QED) is 0.761. The van der Waals surface area contributed by atoms with E-state index < -0.39 is 12.9 Å². The van der Waals surface area contributed by atoms with Crippen molar-refractivity contribution in [3.63, 3.8) is 0 Å². The molecule has 6 heteroatoms. The average Bonchev–Trinajstić information content (AvgIpc) is 2.67. The molecule has 0 saturated heterocycles. The topological polar surface area (TPSA) is 70.2 Å². The number of hydrogen-bond acceptors (Lipinski definition) is 5. The highest BCUT2D eigenvalue weighted by atomic mass is 16.1. The van der Waals surface area contributed by atoms with Crippen LogP contribution >= 0.6 is 0 Å². The lowest BCUT2D eigenvalue weighted by molar-refractivity contribution is 0.0963. The summed E-state index contributed by atoms with van der Waals surface area (Å²) in [6.45, 7) is -1.87. The van der Waals surface area contributed by atoms with E-state index in [9.17, 15) is 4.79 Å². The third-order valence-electron chi connectivity index (χ3n) is 4.42. The van der Waals surface area contributed by atoms with E-state index in [1.807, 2.05) is 36.6 Å². The van der Waals surface area contributed by atoms with Crippen LogP contribution in [0, 0.1) is 0 Å². The molecular weight excluding hydrogens is 326 g/mol. The van der Waals surface area contributed by atoms with Crippen LogP contribution in [-0.2, 0) is 6.54 Å². The number of pyridine rings is 2. The van der Waals surface area contributed by atoms with Gasteiger partial charge < -0.3 is 15.5 Å². The molecule has 1 amide bonds. The Morgan fingerprint density at radius 1 is 1.19 bits per heavy atom. The third kappa shape index (κ3) is 2.65. The summed E-state index contributed by atoms with van der Waals surface area (Å²) in [6, 6.07) is 11.5. The van der Waals surface area contributed by atoms with E-state index >= 15 is 0 Å². The van der Waals surface area contributed by atoms with Gasteiger partial charge in [0.15, 0.2) is 0 Å². The number of para-hydroxylation sites is 1. The summed E-state index contributed by atoms with van der Waals surface area (Å²) in [5.74, 6) is -0.717. The molecule has 130 valence electrons. The Morgan fingerprint density at radius 2 is 2.12 bits per heavy atom. The molecule has 1 aliphatic heterocycles. The standard InChI is InChI=1S/C20H19N5O/c1-21-20(26)15-11-22-10-8-16(15)24-17-7-3-6-14-18-13(5-4-9-23-18)12-25(2)19(14)17/h3-11H,12H2,1-2H3,(H,21,26)(H,22,24)/i1D3. The number of fused-ring (bicyclic) bond motifs is 3. The minimum absolute atomic E-state index is 0.151. The van der Waals surface area contributed by atoms with Gasteiger partial charge in [-0.2, -0.15) is 0 Å². The summed E-state index contributed by atoms with van der Waals surface area (Å²) in [5, 5.41) is 5.28. The molecule has 3 aromatic rings. The van der Waals surface area contributed by atoms with Crippen molar-refractivity contribution in [1.82, 2.24) is 15.3 Å². The van der Waals surface area contributed by atoms with Crippen LogP contribution in [0.2, 0.25) is 0 Å². The number of hydrogen-bond donors (Lipinski definition) is 2. The van der Waals surface area contributed by atoms with Crippen molar-refractivity contribution in [2.75, 3.05) is 24.2 Å². The molecule has 2 aromatic heterocycles. The molecular formula is C20H19N5O. The summed E-state index contributed by atoms with van der Waals surface area (Å²) in [7, 11) is 1.99. The van der Waals surface area contributed by atoms with Crippen LogP contribution in [0.1, 0.15) is 20.0 Å². The number of nitrogens with one attached hydrogen (secondary N) is 2. The van der Waals surface area contributed by atoms with Gasteiger partial charge in [0.2, 0.25) is 0 Å². The molecule has 0 unspecified atom stereocenters. The zero-order valence-corrected chi connectivity index (χ0v) is 14.2. The van der Waals surface area contributed by atoms with Crippen LogP contribution in [-0.4, -0.2) is 29.9 Å². The number of carbonyl (C=O) groups is 1. The highest BCUT2D eigenvalue weighted by Crippen LogP contribution is 2.42. The largest absolute Gasteiger partial charge is 0.368 e. The maximum atomic E-state index is 12.4. The summed E-state index contributed by atoms with van der Waals surface area (Å²) in [4.78, 5) is 23.0. The van der Waals surface area contributed by atoms with E-state index in [1.54, 1.807) is 18.5 Å². The Bertz CT molecular complexity index is 1080. The number of rotatable bonds is 3. The first kappa shape index (κ1) is 12.9. The van der Waals surface area contributed by atoms with E-state index in [0.717, 1.165) is 28.2 Å². The maximum absolute atomic E-state index is 12.4. The minimum Gasteiger partial charge on any atom is -0.368 e. The lowest BCUT2D eigenvalue weighted by Gasteiger charge is -2.31. The van der Waals surface area contributed by atoms with E-state index in [1.165, 1.54) is 6.20 Å². The normalized spacial score (nSPS) is 14.3. The SMILES string of the molecule is [2H]C([2H])([2H])NC(=O)c1cnccc1Nc1cccc2c1N(C)Cc1cccnc1-2. The number of amides is 1. The molecule has 0 aliphatic carbocycles. The number of aromatic nitrogens is 2. The van der Waals surface area contributed by atoms with Crippen molar-refractivity contribution >= 4 is 23.0 Å². The van der Waals surface area contributed by atoms with Gasteiger partial charge in [0, 0.05) is 48.8 Å². The number of anilines is 3. The van der Waals surface area contributed by atoms with Gasteiger partial charge in [-0.15, -0.1) is 0 Å². The molecule has 1 aromatic carbocycles. The van der Waals surface area contributed by atoms with Crippen LogP contribution < -0.4 is 15.5 Å². The molecule has 4 rings (SSSR count). The second-order valence-corrected chi connectivity index (χ2v) is 6.07. The van der Waals surface area contributed by atoms with Crippen LogP contribution in [0.4, 0.5) is 17.1 Å². The fraction of sp³-hybridized carbons (Fsp3) is 0.150. The summed E-state index contributed by atoms with van der Waals surface area (Å²) in [6.07, 6.45) is 4.66. The molecule has 0 fully saturated rings. The summed E-state index contributed by atoms with van der Waals surface area (Å²) >= 11 is 0. The molecule has 0 spiro atoms. The van der Waals surface area contributed by atoms with E-state index in [0.29, 0.717) is 12.2 Å². The van der Waals surface area contributed by atoms with Crippen molar-refractivity contribution in [3.05, 3.63) is 66.1 Å². The van der Waals surface area contributed by atoms with Gasteiger partial charge in [0.05, 0.1) is 28.3 Å². The smallest absolute Gasteiger partial charge is 0.254 e. The molecule has 0 radical (unpaired) electrons. The number of nitrogens with zero attached hydrogens (tertiary/aromatic N) is 3. The minimum atomic E-state index is -2.58. The van der Waals surface area contributed by atoms with Crippen molar-refractivity contribution in [1.29, 1.82) is 0 Å². The fourth-order valence-corrected chi connectivity index (χ4v) is 3.29. The molecule has 1 aliphatic rings. The second-order valence-electron chi connectivity index (χ2n) is 6.07. The van der Waals surface area contributed by atoms with E-state index in [-0.39, 0.29) is 5.56 Å². The van der Waals surface area contributed by atoms with Crippen LogP contribution in [0.3, 0.4) is 0 Å². The summed E-state index contributed by atoms with van der Waals surface area (Å²) < 4.78 is 21.8. The van der Waals surface area contributed by atoms with Crippen LogP contribution in [0.25, 0.3) is 11.3 Å². The first-order chi connectivity index (χ1) is 13.8. The second kappa shape index (κ2) is 6.48. The van der Waals surface area contributed by atoms with Crippen molar-refractivity contribution in [3.8, 4) is 11.3 Å². The Hall–Kier alpha value is -3.41. The maximum Gasteiger partial charge on any atom is 0.254 e. The molecule has 0 atom stereocenters. The Kier molecular flexibility index (Phi) is 3.21. The Morgan fingerprint density at radius 3 is 3.00 bits per heavy atom. The molecule has 0 bridgehead atoms. The van der Waals surface area contributed by atoms with Gasteiger partial charge >= 0.3 is 0 Å². The monoisotopic (exact) mass is 348 g/mol. The van der Waals surface area contributed by atoms with Crippen molar-refractivity contribution in [2.24, 2.45) is 0 Å². The molecule has 3 heterocycles. The molecule has 26 heavy (non-hydrogen) atoms. The van der Waals surface area contributed by atoms with Gasteiger partial charge in [-0.05, 0) is 23.8 Å². The zero-order chi connectivity index (χ0) is 20.6. The summed E-state index contributed by atoms with van der Waals surface area (Å²) in [5.41, 5.74) is 5.42. The predicted molar refractivity (Wildman–Crippen MR) is 103 cm³/mol. The van der Waals surface area contributed by atoms with E-state index in [2.05, 4.69) is 26.3 Å². The van der Waals surface area contributed by atoms with Gasteiger partial charge in [-0.25, -0.2) is 0 Å². The lowest BCUT2D eigenvalue weighted by Crippen LogP contribution is -2.23. The van der Waals surface area contributed by atoms with Crippen molar-refractivity contribution in [2.45, 2.75) is 6.54 Å². The Labute approximate surface area is 156 Å². The van der Waals surface area contributed by atoms with Gasteiger partial charge in [-0.3, -0.25) is 14.8 Å². The van der Waals surface area contributed by atoms with Gasteiger partial charge in [-0.1, -0.05) is 18.2 Å². The third-order valence-corrected chi connectivity index (χ3v) is 4.42. The van der Waals surface area contributed by atoms with E-state index in [4.69, 9.17) is 4.11 Å². The average molecular weight is 348 g/mol. The van der Waals surface area contributed by atoms with Gasteiger partial charge in [0.1, 0.15) is 0 Å². The highest BCUT2D eigenvalue weighted by Gasteiger charge is 2.23. The Balaban J connectivity index is 1.74. The number of carbonyl (C=O) groups excluding carboxylic acids is 1. The fourth-order valence-electron chi connectivity index (χ4n) is 3.29. The lowest BCUT2D eigenvalue weighted by atomic mass is 9.97. The van der Waals surface area contributed by atoms with Crippen molar-refractivity contribution < 1.29 is 8.91 Å².